The van der Waals surface area contributed by atoms with Crippen LogP contribution in [0.2, 0.25) is 5.02 Å². The van der Waals surface area contributed by atoms with Gasteiger partial charge in [-0.1, -0.05) is 59.6 Å². The highest BCUT2D eigenvalue weighted by atomic mass is 35.5. The molecule has 0 saturated heterocycles. The topological polar surface area (TPSA) is 115 Å². The Morgan fingerprint density at radius 2 is 1.46 bits per heavy atom. The van der Waals surface area contributed by atoms with Crippen LogP contribution >= 0.6 is 11.6 Å². The van der Waals surface area contributed by atoms with Gasteiger partial charge in [0.05, 0.1) is 28.5 Å². The first-order chi connectivity index (χ1) is 19.5. The maximum absolute atomic E-state index is 14.4. The molecular formula is C30H24ClNO7S2. The molecule has 1 aliphatic rings. The van der Waals surface area contributed by atoms with Gasteiger partial charge < -0.3 is 4.74 Å². The Kier molecular flexibility index (Phi) is 7.50. The molecule has 0 saturated carbocycles. The molecule has 11 heteroatoms. The molecule has 1 aliphatic heterocycles. The van der Waals surface area contributed by atoms with Gasteiger partial charge in [0.2, 0.25) is 0 Å². The molecule has 2 atom stereocenters. The smallest absolute Gasteiger partial charge is 0.337 e. The molecule has 0 N–H and O–H groups in total. The van der Waals surface area contributed by atoms with Crippen molar-refractivity contribution in [1.29, 1.82) is 0 Å². The highest BCUT2D eigenvalue weighted by Crippen LogP contribution is 2.50. The monoisotopic (exact) mass is 609 g/mol. The van der Waals surface area contributed by atoms with Crippen LogP contribution in [0, 0.1) is 6.92 Å². The molecule has 4 aromatic carbocycles. The summed E-state index contributed by atoms with van der Waals surface area (Å²) in [6.45, 7) is 1.79. The number of esters is 1. The summed E-state index contributed by atoms with van der Waals surface area (Å²) in [5, 5.41) is -1.39. The quantitative estimate of drug-likeness (QED) is 0.264. The molecule has 0 bridgehead atoms. The average Bonchev–Trinajstić information content (AvgIpc) is 2.97. The Labute approximate surface area is 243 Å². The van der Waals surface area contributed by atoms with Crippen molar-refractivity contribution < 1.29 is 31.2 Å². The third-order valence-corrected chi connectivity index (χ3v) is 11.1. The van der Waals surface area contributed by atoms with Gasteiger partial charge in [-0.3, -0.25) is 4.79 Å². The Hall–Kier alpha value is -3.99. The van der Waals surface area contributed by atoms with Crippen LogP contribution in [0.15, 0.2) is 107 Å². The number of sulfone groups is 1. The number of aryl methyl sites for hydroxylation is 1. The number of methoxy groups -OCH3 is 1. The SMILES string of the molecule is COC(=O)c1ccc(C2C(S(=O)(=O)c3ccccc3)c3cc(Cl)ccc3C(=O)N2S(=O)(=O)c2ccc(C)cc2)cc1. The summed E-state index contributed by atoms with van der Waals surface area (Å²) in [5.41, 5.74) is 1.11. The van der Waals surface area contributed by atoms with Crippen LogP contribution in [0.1, 0.15) is 48.7 Å². The minimum Gasteiger partial charge on any atom is -0.465 e. The second kappa shape index (κ2) is 10.8. The number of nitrogens with zero attached hydrogens (tertiary/aromatic N) is 1. The minimum absolute atomic E-state index is 0.0610. The number of ether oxygens (including phenoxy) is 1. The van der Waals surface area contributed by atoms with E-state index in [4.69, 9.17) is 16.3 Å². The van der Waals surface area contributed by atoms with E-state index >= 15 is 0 Å². The van der Waals surface area contributed by atoms with E-state index in [2.05, 4.69) is 0 Å². The summed E-state index contributed by atoms with van der Waals surface area (Å²) in [6, 6.07) is 21.7. The van der Waals surface area contributed by atoms with E-state index in [1.54, 1.807) is 37.3 Å². The first kappa shape index (κ1) is 28.5. The van der Waals surface area contributed by atoms with Crippen molar-refractivity contribution >= 4 is 43.3 Å². The third-order valence-electron chi connectivity index (χ3n) is 6.95. The van der Waals surface area contributed by atoms with E-state index in [-0.39, 0.29) is 37.1 Å². The summed E-state index contributed by atoms with van der Waals surface area (Å²) in [7, 11) is -7.71. The normalized spacial score (nSPS) is 17.1. The number of benzene rings is 4. The van der Waals surface area contributed by atoms with Crippen molar-refractivity contribution in [3.63, 3.8) is 0 Å². The van der Waals surface area contributed by atoms with Crippen molar-refractivity contribution in [2.24, 2.45) is 0 Å². The fourth-order valence-electron chi connectivity index (χ4n) is 4.92. The number of sulfonamides is 1. The largest absolute Gasteiger partial charge is 0.465 e. The van der Waals surface area contributed by atoms with Crippen LogP contribution in [0.3, 0.4) is 0 Å². The van der Waals surface area contributed by atoms with Crippen LogP contribution in [-0.2, 0) is 24.6 Å². The number of halogens is 1. The van der Waals surface area contributed by atoms with Gasteiger partial charge in [-0.05, 0) is 72.6 Å². The maximum Gasteiger partial charge on any atom is 0.337 e. The van der Waals surface area contributed by atoms with E-state index in [1.165, 1.54) is 73.8 Å². The van der Waals surface area contributed by atoms with Crippen molar-refractivity contribution in [3.05, 3.63) is 130 Å². The van der Waals surface area contributed by atoms with Gasteiger partial charge in [0.15, 0.2) is 9.84 Å². The van der Waals surface area contributed by atoms with Gasteiger partial charge in [0, 0.05) is 10.6 Å². The number of carbonyl (C=O) groups is 2. The molecule has 5 rings (SSSR count). The molecule has 0 fully saturated rings. The van der Waals surface area contributed by atoms with Gasteiger partial charge in [0.25, 0.3) is 15.9 Å². The highest BCUT2D eigenvalue weighted by molar-refractivity contribution is 7.92. The Morgan fingerprint density at radius 3 is 2.07 bits per heavy atom. The maximum atomic E-state index is 14.4. The zero-order valence-electron chi connectivity index (χ0n) is 21.9. The first-order valence-electron chi connectivity index (χ1n) is 12.4. The molecule has 0 spiro atoms. The van der Waals surface area contributed by atoms with E-state index in [0.29, 0.717) is 4.31 Å². The standard InChI is InChI=1S/C30H24ClNO7S2/c1-19-8-15-24(16-9-19)41(37,38)32-27(20-10-12-21(13-11-20)30(34)39-2)28(40(35,36)23-6-4-3-5-7-23)26-18-22(31)14-17-25(26)29(32)33/h3-18,27-28H,1-2H3. The summed E-state index contributed by atoms with van der Waals surface area (Å²) < 4.78 is 62.6. The van der Waals surface area contributed by atoms with E-state index in [9.17, 15) is 26.4 Å². The molecule has 0 aliphatic carbocycles. The Bertz CT molecular complexity index is 1860. The molecule has 8 nitrogen and oxygen atoms in total. The van der Waals surface area contributed by atoms with E-state index < -0.39 is 43.0 Å². The van der Waals surface area contributed by atoms with Gasteiger partial charge in [-0.25, -0.2) is 25.9 Å². The van der Waals surface area contributed by atoms with Crippen LogP contribution in [-0.4, -0.2) is 40.1 Å². The Balaban J connectivity index is 1.84. The number of amides is 1. The molecule has 210 valence electrons. The molecule has 41 heavy (non-hydrogen) atoms. The van der Waals surface area contributed by atoms with Crippen molar-refractivity contribution in [1.82, 2.24) is 4.31 Å². The summed E-state index contributed by atoms with van der Waals surface area (Å²) in [4.78, 5) is 25.9. The molecule has 1 amide bonds. The molecular weight excluding hydrogens is 586 g/mol. The summed E-state index contributed by atoms with van der Waals surface area (Å²) >= 11 is 6.30. The van der Waals surface area contributed by atoms with Gasteiger partial charge >= 0.3 is 5.97 Å². The Morgan fingerprint density at radius 1 is 0.829 bits per heavy atom. The lowest BCUT2D eigenvalue weighted by atomic mass is 9.90. The third kappa shape index (κ3) is 5.03. The second-order valence-electron chi connectivity index (χ2n) is 9.49. The van der Waals surface area contributed by atoms with Crippen molar-refractivity contribution in [2.75, 3.05) is 7.11 Å². The summed E-state index contributed by atoms with van der Waals surface area (Å²) in [5.74, 6) is -1.54. The number of fused-ring (bicyclic) bond motifs is 1. The molecule has 0 aromatic heterocycles. The fraction of sp³-hybridized carbons (Fsp3) is 0.133. The number of hydrogen-bond acceptors (Lipinski definition) is 7. The lowest BCUT2D eigenvalue weighted by Gasteiger charge is -2.41. The lowest BCUT2D eigenvalue weighted by molar-refractivity contribution is 0.0600. The number of rotatable bonds is 6. The fourth-order valence-corrected chi connectivity index (χ4v) is 8.72. The van der Waals surface area contributed by atoms with Crippen LogP contribution in [0.4, 0.5) is 0 Å². The van der Waals surface area contributed by atoms with Crippen LogP contribution in [0.5, 0.6) is 0 Å². The molecule has 0 radical (unpaired) electrons. The lowest BCUT2D eigenvalue weighted by Crippen LogP contribution is -2.47. The van der Waals surface area contributed by atoms with Crippen LogP contribution in [0.25, 0.3) is 0 Å². The van der Waals surface area contributed by atoms with Gasteiger partial charge in [-0.2, -0.15) is 0 Å². The molecule has 2 unspecified atom stereocenters. The van der Waals surface area contributed by atoms with E-state index in [0.717, 1.165) is 5.56 Å². The van der Waals surface area contributed by atoms with Crippen molar-refractivity contribution in [2.45, 2.75) is 28.0 Å². The minimum atomic E-state index is -4.59. The number of carbonyl (C=O) groups excluding carboxylic acids is 2. The predicted octanol–water partition coefficient (Wildman–Crippen LogP) is 5.54. The number of hydrogen-bond donors (Lipinski definition) is 0. The zero-order valence-corrected chi connectivity index (χ0v) is 24.3. The highest BCUT2D eigenvalue weighted by Gasteiger charge is 2.52. The van der Waals surface area contributed by atoms with E-state index in [1.807, 2.05) is 0 Å². The van der Waals surface area contributed by atoms with Crippen LogP contribution < -0.4 is 0 Å². The first-order valence-corrected chi connectivity index (χ1v) is 15.8. The predicted molar refractivity (Wildman–Crippen MR) is 153 cm³/mol. The van der Waals surface area contributed by atoms with Gasteiger partial charge in [0.1, 0.15) is 5.25 Å². The van der Waals surface area contributed by atoms with Gasteiger partial charge in [-0.15, -0.1) is 0 Å². The van der Waals surface area contributed by atoms with Crippen molar-refractivity contribution in [3.8, 4) is 0 Å². The molecule has 4 aromatic rings. The zero-order chi connectivity index (χ0) is 29.5. The molecule has 1 heterocycles. The average molecular weight is 610 g/mol. The second-order valence-corrected chi connectivity index (χ2v) is 13.8. The summed E-state index contributed by atoms with van der Waals surface area (Å²) in [6.07, 6.45) is 0.